The smallest absolute Gasteiger partial charge is 0.188 e. The molecule has 2 aliphatic rings. The molecule has 0 radical (unpaired) electrons. The Bertz CT molecular complexity index is 1160. The van der Waals surface area contributed by atoms with E-state index in [4.69, 9.17) is 18.9 Å². The summed E-state index contributed by atoms with van der Waals surface area (Å²) in [6.45, 7) is 17.7. The van der Waals surface area contributed by atoms with Gasteiger partial charge < -0.3 is 29.2 Å². The molecule has 0 aromatic heterocycles. The molecule has 2 aromatic carbocycles. The van der Waals surface area contributed by atoms with E-state index in [0.717, 1.165) is 60.8 Å². The molecule has 2 atom stereocenters. The lowest BCUT2D eigenvalue weighted by molar-refractivity contribution is 0.0461. The molecule has 0 bridgehead atoms. The highest BCUT2D eigenvalue weighted by Gasteiger charge is 2.50. The molecule has 222 valence electrons. The first kappa shape index (κ1) is 30.5. The minimum absolute atomic E-state index is 0.0130. The minimum atomic E-state index is -0.187. The van der Waals surface area contributed by atoms with Crippen LogP contribution >= 0.6 is 0 Å². The summed E-state index contributed by atoms with van der Waals surface area (Å²) in [5.41, 5.74) is 4.50. The van der Waals surface area contributed by atoms with Crippen molar-refractivity contribution < 1.29 is 29.2 Å². The Balaban J connectivity index is 2.00. The Hall–Kier alpha value is -2.44. The Kier molecular flexibility index (Phi) is 8.21. The van der Waals surface area contributed by atoms with Crippen LogP contribution in [-0.2, 0) is 20.3 Å². The number of ether oxygens (including phenoxy) is 4. The van der Waals surface area contributed by atoms with Gasteiger partial charge in [-0.3, -0.25) is 0 Å². The third-order valence-electron chi connectivity index (χ3n) is 10.9. The first-order chi connectivity index (χ1) is 18.7. The van der Waals surface area contributed by atoms with Crippen LogP contribution in [0.25, 0.3) is 11.1 Å². The molecule has 0 aliphatic heterocycles. The fraction of sp³-hybridized carbons (Fsp3) is 0.647. The summed E-state index contributed by atoms with van der Waals surface area (Å²) < 4.78 is 22.8. The van der Waals surface area contributed by atoms with E-state index >= 15 is 0 Å². The zero-order chi connectivity index (χ0) is 29.7. The standard InChI is InChI=1S/C34H50O6/c1-21-17-23(33(7)15-11-13-31(33,3)4)29(39-19-37-9)27(35)25(21)26-22(2)18-24(30(28(26)36)40-20-38-10)34(8)16-12-14-32(34,5)6/h17-18,35-36H,11-16,19-20H2,1-10H3/t33-,34-/m1/s1. The van der Waals surface area contributed by atoms with Gasteiger partial charge in [-0.1, -0.05) is 66.5 Å². The largest absolute Gasteiger partial charge is 0.504 e. The maximum absolute atomic E-state index is 11.9. The van der Waals surface area contributed by atoms with Gasteiger partial charge in [-0.25, -0.2) is 0 Å². The van der Waals surface area contributed by atoms with E-state index in [2.05, 4.69) is 53.7 Å². The van der Waals surface area contributed by atoms with Gasteiger partial charge in [-0.2, -0.15) is 0 Å². The van der Waals surface area contributed by atoms with Crippen LogP contribution in [0.1, 0.15) is 102 Å². The van der Waals surface area contributed by atoms with E-state index < -0.39 is 0 Å². The van der Waals surface area contributed by atoms with E-state index in [-0.39, 0.29) is 46.7 Å². The highest BCUT2D eigenvalue weighted by atomic mass is 16.7. The van der Waals surface area contributed by atoms with Gasteiger partial charge >= 0.3 is 0 Å². The van der Waals surface area contributed by atoms with Gasteiger partial charge in [0.25, 0.3) is 0 Å². The van der Waals surface area contributed by atoms with E-state index in [1.165, 1.54) is 0 Å². The van der Waals surface area contributed by atoms with Gasteiger partial charge in [0.1, 0.15) is 0 Å². The van der Waals surface area contributed by atoms with Crippen molar-refractivity contribution in [3.05, 3.63) is 34.4 Å². The van der Waals surface area contributed by atoms with Crippen molar-refractivity contribution in [1.29, 1.82) is 0 Å². The number of methoxy groups -OCH3 is 2. The molecule has 6 nitrogen and oxygen atoms in total. The number of phenols is 2. The number of hydrogen-bond donors (Lipinski definition) is 2. The van der Waals surface area contributed by atoms with Crippen LogP contribution in [0.2, 0.25) is 0 Å². The zero-order valence-electron chi connectivity index (χ0n) is 26.3. The Labute approximate surface area is 241 Å². The molecule has 0 unspecified atom stereocenters. The van der Waals surface area contributed by atoms with Gasteiger partial charge in [-0.05, 0) is 61.5 Å². The SMILES string of the molecule is COCOc1c([C@@]2(C)CCCC2(C)C)cc(C)c(-c2c(C)cc([C@@]3(C)CCCC3(C)C)c(OCOC)c2O)c1O. The summed E-state index contributed by atoms with van der Waals surface area (Å²) in [5, 5.41) is 23.9. The van der Waals surface area contributed by atoms with Crippen molar-refractivity contribution in [3.8, 4) is 34.1 Å². The number of phenolic OH excluding ortho intramolecular Hbond substituents is 2. The molecule has 2 aromatic rings. The lowest BCUT2D eigenvalue weighted by Gasteiger charge is -2.41. The molecule has 2 fully saturated rings. The van der Waals surface area contributed by atoms with Crippen molar-refractivity contribution in [1.82, 2.24) is 0 Å². The zero-order valence-corrected chi connectivity index (χ0v) is 26.3. The Morgan fingerprint density at radius 3 is 1.25 bits per heavy atom. The minimum Gasteiger partial charge on any atom is -0.504 e. The monoisotopic (exact) mass is 554 g/mol. The first-order valence-corrected chi connectivity index (χ1v) is 14.6. The maximum Gasteiger partial charge on any atom is 0.188 e. The van der Waals surface area contributed by atoms with Crippen molar-refractivity contribution >= 4 is 0 Å². The summed E-state index contributed by atoms with van der Waals surface area (Å²) in [6.07, 6.45) is 6.45. The molecule has 6 heteroatoms. The molecule has 0 saturated heterocycles. The van der Waals surface area contributed by atoms with Gasteiger partial charge in [0, 0.05) is 47.3 Å². The van der Waals surface area contributed by atoms with Crippen LogP contribution < -0.4 is 9.47 Å². The average Bonchev–Trinajstić information content (AvgIpc) is 3.32. The molecule has 0 heterocycles. The van der Waals surface area contributed by atoms with Crippen LogP contribution in [0.4, 0.5) is 0 Å². The van der Waals surface area contributed by atoms with Crippen LogP contribution in [0, 0.1) is 24.7 Å². The molecule has 2 aliphatic carbocycles. The molecule has 40 heavy (non-hydrogen) atoms. The van der Waals surface area contributed by atoms with Crippen LogP contribution in [0.5, 0.6) is 23.0 Å². The molecule has 0 spiro atoms. The van der Waals surface area contributed by atoms with Gasteiger partial charge in [0.15, 0.2) is 36.6 Å². The Morgan fingerprint density at radius 2 is 0.975 bits per heavy atom. The fourth-order valence-corrected chi connectivity index (χ4v) is 7.54. The normalized spacial score (nSPS) is 25.4. The summed E-state index contributed by atoms with van der Waals surface area (Å²) in [7, 11) is 3.15. The van der Waals surface area contributed by atoms with Crippen LogP contribution in [0.15, 0.2) is 12.1 Å². The average molecular weight is 555 g/mol. The topological polar surface area (TPSA) is 77.4 Å². The summed E-state index contributed by atoms with van der Waals surface area (Å²) >= 11 is 0. The van der Waals surface area contributed by atoms with E-state index in [0.29, 0.717) is 22.6 Å². The van der Waals surface area contributed by atoms with Crippen molar-refractivity contribution in [3.63, 3.8) is 0 Å². The second-order valence-corrected chi connectivity index (χ2v) is 13.8. The summed E-state index contributed by atoms with van der Waals surface area (Å²) in [4.78, 5) is 0. The number of hydrogen-bond acceptors (Lipinski definition) is 6. The molecule has 0 amide bonds. The second-order valence-electron chi connectivity index (χ2n) is 13.8. The third-order valence-corrected chi connectivity index (χ3v) is 10.9. The number of aryl methyl sites for hydroxylation is 2. The second kappa shape index (κ2) is 10.8. The van der Waals surface area contributed by atoms with Gasteiger partial charge in [0.2, 0.25) is 0 Å². The van der Waals surface area contributed by atoms with E-state index in [1.807, 2.05) is 13.8 Å². The molecular formula is C34H50O6. The molecule has 4 rings (SSSR count). The molecule has 2 N–H and O–H groups in total. The fourth-order valence-electron chi connectivity index (χ4n) is 7.54. The molecule has 2 saturated carbocycles. The summed E-state index contributed by atoms with van der Waals surface area (Å²) in [6, 6.07) is 4.27. The number of aromatic hydroxyl groups is 2. The van der Waals surface area contributed by atoms with E-state index in [9.17, 15) is 10.2 Å². The van der Waals surface area contributed by atoms with Crippen LogP contribution in [-0.4, -0.2) is 38.0 Å². The summed E-state index contributed by atoms with van der Waals surface area (Å²) in [5.74, 6) is 0.886. The van der Waals surface area contributed by atoms with Gasteiger partial charge in [0.05, 0.1) is 0 Å². The highest BCUT2D eigenvalue weighted by Crippen LogP contribution is 2.61. The number of rotatable bonds is 9. The predicted octanol–water partition coefficient (Wildman–Crippen LogP) is 8.28. The first-order valence-electron chi connectivity index (χ1n) is 14.6. The van der Waals surface area contributed by atoms with Crippen molar-refractivity contribution in [2.75, 3.05) is 27.8 Å². The quantitative estimate of drug-likeness (QED) is 0.304. The lowest BCUT2D eigenvalue weighted by atomic mass is 9.64. The lowest BCUT2D eigenvalue weighted by Crippen LogP contribution is -2.35. The van der Waals surface area contributed by atoms with Crippen molar-refractivity contribution in [2.24, 2.45) is 10.8 Å². The van der Waals surface area contributed by atoms with Crippen molar-refractivity contribution in [2.45, 2.75) is 105 Å². The number of benzene rings is 2. The maximum atomic E-state index is 11.9. The van der Waals surface area contributed by atoms with E-state index in [1.54, 1.807) is 14.2 Å². The van der Waals surface area contributed by atoms with Crippen LogP contribution in [0.3, 0.4) is 0 Å². The predicted molar refractivity (Wildman–Crippen MR) is 160 cm³/mol. The highest BCUT2D eigenvalue weighted by molar-refractivity contribution is 5.86. The van der Waals surface area contributed by atoms with Gasteiger partial charge in [-0.15, -0.1) is 0 Å². The Morgan fingerprint density at radius 1 is 0.625 bits per heavy atom. The third kappa shape index (κ3) is 4.65. The molecular weight excluding hydrogens is 504 g/mol.